The summed E-state index contributed by atoms with van der Waals surface area (Å²) in [6.07, 6.45) is 10.0. The van der Waals surface area contributed by atoms with Crippen molar-refractivity contribution in [2.45, 2.75) is 58.2 Å². The van der Waals surface area contributed by atoms with Crippen LogP contribution >= 0.6 is 0 Å². The van der Waals surface area contributed by atoms with Gasteiger partial charge in [0.2, 0.25) is 5.91 Å². The van der Waals surface area contributed by atoms with Crippen molar-refractivity contribution in [3.63, 3.8) is 0 Å². The molecule has 1 atom stereocenters. The summed E-state index contributed by atoms with van der Waals surface area (Å²) in [4.78, 5) is 19.9. The van der Waals surface area contributed by atoms with Gasteiger partial charge in [0.05, 0.1) is 12.2 Å². The minimum Gasteiger partial charge on any atom is -0.341 e. The SMILES string of the molecule is CCn1cc(CN2CCC3(CC2)CC(C(=O)N2CCCC2)N(C)C3)cn1. The van der Waals surface area contributed by atoms with Crippen molar-refractivity contribution in [2.24, 2.45) is 5.41 Å². The third kappa shape index (κ3) is 3.54. The summed E-state index contributed by atoms with van der Waals surface area (Å²) in [6, 6.07) is 0.113. The van der Waals surface area contributed by atoms with Gasteiger partial charge in [0.25, 0.3) is 0 Å². The first kappa shape index (κ1) is 18.0. The molecule has 0 bridgehead atoms. The summed E-state index contributed by atoms with van der Waals surface area (Å²) >= 11 is 0. The van der Waals surface area contributed by atoms with Gasteiger partial charge in [-0.3, -0.25) is 19.3 Å². The highest BCUT2D eigenvalue weighted by molar-refractivity contribution is 5.82. The Labute approximate surface area is 157 Å². The van der Waals surface area contributed by atoms with Gasteiger partial charge in [0.15, 0.2) is 0 Å². The number of rotatable bonds is 4. The lowest BCUT2D eigenvalue weighted by Gasteiger charge is -2.39. The van der Waals surface area contributed by atoms with Crippen LogP contribution in [0.1, 0.15) is 44.6 Å². The summed E-state index contributed by atoms with van der Waals surface area (Å²) < 4.78 is 2.00. The molecule has 3 aliphatic heterocycles. The lowest BCUT2D eigenvalue weighted by atomic mass is 9.76. The zero-order valence-electron chi connectivity index (χ0n) is 16.4. The van der Waals surface area contributed by atoms with Gasteiger partial charge in [0, 0.05) is 44.5 Å². The van der Waals surface area contributed by atoms with E-state index in [4.69, 9.17) is 0 Å². The van der Waals surface area contributed by atoms with Crippen molar-refractivity contribution in [3.05, 3.63) is 18.0 Å². The molecule has 4 rings (SSSR count). The van der Waals surface area contributed by atoms with Crippen LogP contribution in [-0.4, -0.2) is 76.2 Å². The zero-order chi connectivity index (χ0) is 18.1. The van der Waals surface area contributed by atoms with Crippen LogP contribution in [0.3, 0.4) is 0 Å². The van der Waals surface area contributed by atoms with Crippen molar-refractivity contribution in [1.82, 2.24) is 24.5 Å². The second-order valence-corrected chi connectivity index (χ2v) is 8.65. The first-order valence-corrected chi connectivity index (χ1v) is 10.3. The van der Waals surface area contributed by atoms with E-state index in [0.29, 0.717) is 11.3 Å². The van der Waals surface area contributed by atoms with Gasteiger partial charge in [-0.1, -0.05) is 0 Å². The number of nitrogens with zero attached hydrogens (tertiary/aromatic N) is 5. The average Bonchev–Trinajstić information content (AvgIpc) is 3.37. The Morgan fingerprint density at radius 3 is 2.62 bits per heavy atom. The predicted octanol–water partition coefficient (Wildman–Crippen LogP) is 1.81. The third-order valence-electron chi connectivity index (χ3n) is 6.78. The molecule has 26 heavy (non-hydrogen) atoms. The Balaban J connectivity index is 1.32. The lowest BCUT2D eigenvalue weighted by molar-refractivity contribution is -0.134. The summed E-state index contributed by atoms with van der Waals surface area (Å²) in [5.41, 5.74) is 1.66. The number of aryl methyl sites for hydroxylation is 1. The highest BCUT2D eigenvalue weighted by atomic mass is 16.2. The van der Waals surface area contributed by atoms with Crippen LogP contribution in [0.15, 0.2) is 12.4 Å². The van der Waals surface area contributed by atoms with Crippen LogP contribution in [-0.2, 0) is 17.9 Å². The lowest BCUT2D eigenvalue weighted by Crippen LogP contribution is -2.42. The van der Waals surface area contributed by atoms with Crippen molar-refractivity contribution in [1.29, 1.82) is 0 Å². The van der Waals surface area contributed by atoms with Crippen molar-refractivity contribution in [2.75, 3.05) is 39.8 Å². The number of piperidine rings is 1. The number of aromatic nitrogens is 2. The van der Waals surface area contributed by atoms with Gasteiger partial charge < -0.3 is 4.90 Å². The molecule has 1 aromatic heterocycles. The van der Waals surface area contributed by atoms with Crippen LogP contribution in [0.2, 0.25) is 0 Å². The molecule has 3 aliphatic rings. The molecule has 6 heteroatoms. The molecule has 0 radical (unpaired) electrons. The Hall–Kier alpha value is -1.40. The van der Waals surface area contributed by atoms with Gasteiger partial charge in [-0.05, 0) is 64.6 Å². The maximum Gasteiger partial charge on any atom is 0.239 e. The Morgan fingerprint density at radius 1 is 1.23 bits per heavy atom. The van der Waals surface area contributed by atoms with Crippen LogP contribution in [0.4, 0.5) is 0 Å². The molecule has 1 amide bonds. The Kier molecular flexibility index (Phi) is 5.06. The highest BCUT2D eigenvalue weighted by Crippen LogP contribution is 2.43. The molecule has 6 nitrogen and oxygen atoms in total. The fraction of sp³-hybridized carbons (Fsp3) is 0.800. The van der Waals surface area contributed by atoms with E-state index >= 15 is 0 Å². The van der Waals surface area contributed by atoms with Crippen molar-refractivity contribution in [3.8, 4) is 0 Å². The van der Waals surface area contributed by atoms with E-state index < -0.39 is 0 Å². The van der Waals surface area contributed by atoms with E-state index in [1.807, 2.05) is 10.9 Å². The Morgan fingerprint density at radius 2 is 1.96 bits per heavy atom. The van der Waals surface area contributed by atoms with E-state index in [1.54, 1.807) is 0 Å². The van der Waals surface area contributed by atoms with Crippen LogP contribution in [0.25, 0.3) is 0 Å². The van der Waals surface area contributed by atoms with Crippen LogP contribution in [0, 0.1) is 5.41 Å². The number of likely N-dealkylation sites (tertiary alicyclic amines) is 3. The van der Waals surface area contributed by atoms with Crippen LogP contribution in [0.5, 0.6) is 0 Å². The average molecular weight is 360 g/mol. The zero-order valence-corrected chi connectivity index (χ0v) is 16.4. The molecule has 4 heterocycles. The number of amides is 1. The molecule has 144 valence electrons. The van der Waals surface area contributed by atoms with E-state index in [0.717, 1.165) is 52.2 Å². The second kappa shape index (κ2) is 7.31. The number of carbonyl (C=O) groups is 1. The van der Waals surface area contributed by atoms with E-state index in [-0.39, 0.29) is 6.04 Å². The van der Waals surface area contributed by atoms with Crippen LogP contribution < -0.4 is 0 Å². The fourth-order valence-corrected chi connectivity index (χ4v) is 5.16. The van der Waals surface area contributed by atoms with E-state index in [2.05, 4.69) is 40.0 Å². The molecule has 3 saturated heterocycles. The van der Waals surface area contributed by atoms with E-state index in [9.17, 15) is 4.79 Å². The molecule has 1 aromatic rings. The van der Waals surface area contributed by atoms with Gasteiger partial charge in [-0.2, -0.15) is 5.10 Å². The number of hydrogen-bond donors (Lipinski definition) is 0. The maximum atomic E-state index is 12.9. The maximum absolute atomic E-state index is 12.9. The third-order valence-corrected chi connectivity index (χ3v) is 6.78. The predicted molar refractivity (Wildman–Crippen MR) is 102 cm³/mol. The minimum absolute atomic E-state index is 0.113. The van der Waals surface area contributed by atoms with Gasteiger partial charge in [0.1, 0.15) is 0 Å². The van der Waals surface area contributed by atoms with Gasteiger partial charge in [-0.25, -0.2) is 0 Å². The fourth-order valence-electron chi connectivity index (χ4n) is 5.16. The summed E-state index contributed by atoms with van der Waals surface area (Å²) in [6.45, 7) is 9.34. The second-order valence-electron chi connectivity index (χ2n) is 8.65. The molecule has 0 aliphatic carbocycles. The number of carbonyl (C=O) groups excluding carboxylic acids is 1. The first-order chi connectivity index (χ1) is 12.6. The number of likely N-dealkylation sites (N-methyl/N-ethyl adjacent to an activating group) is 1. The quantitative estimate of drug-likeness (QED) is 0.822. The van der Waals surface area contributed by atoms with Crippen molar-refractivity contribution >= 4 is 5.91 Å². The summed E-state index contributed by atoms with van der Waals surface area (Å²) in [7, 11) is 2.15. The normalized spacial score (nSPS) is 26.8. The summed E-state index contributed by atoms with van der Waals surface area (Å²) in [5.74, 6) is 0.385. The summed E-state index contributed by atoms with van der Waals surface area (Å²) in [5, 5.41) is 4.39. The van der Waals surface area contributed by atoms with Crippen molar-refractivity contribution < 1.29 is 4.79 Å². The molecule has 0 aromatic carbocycles. The molecular weight excluding hydrogens is 326 g/mol. The minimum atomic E-state index is 0.113. The molecule has 0 saturated carbocycles. The Bertz CT molecular complexity index is 628. The topological polar surface area (TPSA) is 44.6 Å². The highest BCUT2D eigenvalue weighted by Gasteiger charge is 2.47. The van der Waals surface area contributed by atoms with Gasteiger partial charge >= 0.3 is 0 Å². The largest absolute Gasteiger partial charge is 0.341 e. The smallest absolute Gasteiger partial charge is 0.239 e. The van der Waals surface area contributed by atoms with E-state index in [1.165, 1.54) is 31.2 Å². The number of hydrogen-bond acceptors (Lipinski definition) is 4. The molecule has 3 fully saturated rings. The first-order valence-electron chi connectivity index (χ1n) is 10.3. The standard InChI is InChI=1S/C20H33N5O/c1-3-25-15-17(13-21-25)14-23-10-6-20(7-11-23)12-18(22(2)16-20)19(26)24-8-4-5-9-24/h13,15,18H,3-12,14,16H2,1-2H3. The molecule has 0 N–H and O–H groups in total. The molecule has 1 unspecified atom stereocenters. The van der Waals surface area contributed by atoms with Gasteiger partial charge in [-0.15, -0.1) is 0 Å². The molecule has 1 spiro atoms. The molecular formula is C20H33N5O. The monoisotopic (exact) mass is 359 g/mol.